The number of carboxylic acids is 1. The van der Waals surface area contributed by atoms with Gasteiger partial charge in [0.25, 0.3) is 0 Å². The van der Waals surface area contributed by atoms with Gasteiger partial charge >= 0.3 is 12.1 Å². The van der Waals surface area contributed by atoms with Gasteiger partial charge in [-0.2, -0.15) is 13.2 Å². The van der Waals surface area contributed by atoms with Crippen molar-refractivity contribution in [2.24, 2.45) is 0 Å². The quantitative estimate of drug-likeness (QED) is 0.213. The number of imidazole rings is 1. The first-order valence-corrected chi connectivity index (χ1v) is 12.5. The molecule has 4 rings (SSSR count). The van der Waals surface area contributed by atoms with Gasteiger partial charge in [0.15, 0.2) is 11.4 Å². The lowest BCUT2D eigenvalue weighted by Crippen LogP contribution is -2.37. The van der Waals surface area contributed by atoms with Crippen molar-refractivity contribution < 1.29 is 32.6 Å². The molecule has 0 saturated carbocycles. The number of benzene rings is 3. The molecule has 0 bridgehead atoms. The second-order valence-electron chi connectivity index (χ2n) is 9.59. The molecule has 40 heavy (non-hydrogen) atoms. The van der Waals surface area contributed by atoms with Crippen LogP contribution in [-0.2, 0) is 17.5 Å². The van der Waals surface area contributed by atoms with Gasteiger partial charge in [-0.25, -0.2) is 9.78 Å². The normalized spacial score (nSPS) is 12.0. The molecule has 0 spiro atoms. The fourth-order valence-electron chi connectivity index (χ4n) is 3.87. The molecule has 0 radical (unpaired) electrons. The Labute approximate surface area is 229 Å². The average Bonchev–Trinajstić information content (AvgIpc) is 3.35. The molecule has 9 heteroatoms. The molecule has 1 heterocycles. The van der Waals surface area contributed by atoms with E-state index >= 15 is 0 Å². The molecular formula is C31H27F3N2O4. The van der Waals surface area contributed by atoms with Crippen molar-refractivity contribution in [1.29, 1.82) is 0 Å². The van der Waals surface area contributed by atoms with Gasteiger partial charge in [-0.15, -0.1) is 0 Å². The SMILES string of the molecule is CC(C)(Oc1ccc(/C=C/CCn2cc(-c3ccccc3)nc2C(=O)c2ccc(C(F)(F)F)cc2)cc1)C(=O)O. The lowest BCUT2D eigenvalue weighted by molar-refractivity contribution is -0.152. The minimum atomic E-state index is -4.49. The number of aryl methyl sites for hydroxylation is 1. The zero-order chi connectivity index (χ0) is 28.9. The number of nitrogens with zero attached hydrogens (tertiary/aromatic N) is 2. The number of hydrogen-bond acceptors (Lipinski definition) is 4. The molecule has 0 amide bonds. The Bertz CT molecular complexity index is 1510. The number of aliphatic carboxylic acids is 1. The van der Waals surface area contributed by atoms with E-state index in [0.29, 0.717) is 24.4 Å². The van der Waals surface area contributed by atoms with Crippen LogP contribution >= 0.6 is 0 Å². The second-order valence-corrected chi connectivity index (χ2v) is 9.59. The maximum atomic E-state index is 13.3. The van der Waals surface area contributed by atoms with E-state index in [2.05, 4.69) is 4.98 Å². The topological polar surface area (TPSA) is 81.4 Å². The van der Waals surface area contributed by atoms with Crippen molar-refractivity contribution in [3.05, 3.63) is 114 Å². The van der Waals surface area contributed by atoms with Crippen LogP contribution in [-0.4, -0.2) is 32.0 Å². The number of allylic oxidation sites excluding steroid dienone is 1. The summed E-state index contributed by atoms with van der Waals surface area (Å²) in [5.74, 6) is -0.972. The van der Waals surface area contributed by atoms with Crippen LogP contribution in [0.4, 0.5) is 13.2 Å². The highest BCUT2D eigenvalue weighted by molar-refractivity contribution is 6.07. The molecule has 0 saturated heterocycles. The minimum Gasteiger partial charge on any atom is -0.478 e. The Balaban J connectivity index is 1.50. The molecule has 3 aromatic carbocycles. The summed E-state index contributed by atoms with van der Waals surface area (Å²) in [5.41, 5.74) is 0.204. The van der Waals surface area contributed by atoms with Gasteiger partial charge in [0.05, 0.1) is 11.3 Å². The lowest BCUT2D eigenvalue weighted by Gasteiger charge is -2.21. The fraction of sp³-hybridized carbons (Fsp3) is 0.194. The van der Waals surface area contributed by atoms with E-state index in [0.717, 1.165) is 35.4 Å². The second kappa shape index (κ2) is 11.6. The van der Waals surface area contributed by atoms with Crippen LogP contribution in [0, 0.1) is 0 Å². The number of carbonyl (C=O) groups excluding carboxylic acids is 1. The summed E-state index contributed by atoms with van der Waals surface area (Å²) in [7, 11) is 0. The molecule has 0 aliphatic carbocycles. The maximum absolute atomic E-state index is 13.3. The third-order valence-corrected chi connectivity index (χ3v) is 6.14. The van der Waals surface area contributed by atoms with E-state index in [9.17, 15) is 27.9 Å². The molecular weight excluding hydrogens is 521 g/mol. The van der Waals surface area contributed by atoms with E-state index in [1.165, 1.54) is 13.8 Å². The number of hydrogen-bond donors (Lipinski definition) is 1. The highest BCUT2D eigenvalue weighted by Crippen LogP contribution is 2.29. The van der Waals surface area contributed by atoms with Crippen molar-refractivity contribution in [3.8, 4) is 17.0 Å². The summed E-state index contributed by atoms with van der Waals surface area (Å²) in [6.07, 6.45) is 1.62. The number of carboxylic acid groups (broad SMARTS) is 1. The standard InChI is InChI=1S/C31H27F3N2O4/c1-30(2,29(38)39)40-25-17-11-21(12-18-25)8-6-7-19-36-20-26(22-9-4-3-5-10-22)35-28(36)27(37)23-13-15-24(16-14-23)31(32,33)34/h3-6,8-18,20H,7,19H2,1-2H3,(H,38,39)/b8-6+. The molecule has 0 atom stereocenters. The van der Waals surface area contributed by atoms with Crippen molar-refractivity contribution in [1.82, 2.24) is 9.55 Å². The van der Waals surface area contributed by atoms with Crippen LogP contribution in [0.5, 0.6) is 5.75 Å². The van der Waals surface area contributed by atoms with Crippen LogP contribution in [0.2, 0.25) is 0 Å². The van der Waals surface area contributed by atoms with Crippen LogP contribution in [0.1, 0.15) is 47.6 Å². The first kappa shape index (κ1) is 28.4. The third-order valence-electron chi connectivity index (χ3n) is 6.14. The highest BCUT2D eigenvalue weighted by Gasteiger charge is 2.31. The molecule has 6 nitrogen and oxygen atoms in total. The molecule has 0 aliphatic rings. The number of ether oxygens (including phenoxy) is 1. The number of carbonyl (C=O) groups is 2. The van der Waals surface area contributed by atoms with Gasteiger partial charge in [-0.05, 0) is 50.1 Å². The van der Waals surface area contributed by atoms with E-state index in [1.807, 2.05) is 42.5 Å². The summed E-state index contributed by atoms with van der Waals surface area (Å²) in [6.45, 7) is 3.35. The summed E-state index contributed by atoms with van der Waals surface area (Å²) in [6, 6.07) is 20.4. The summed E-state index contributed by atoms with van der Waals surface area (Å²) >= 11 is 0. The Morgan fingerprint density at radius 1 is 0.950 bits per heavy atom. The number of rotatable bonds is 10. The molecule has 0 unspecified atom stereocenters. The maximum Gasteiger partial charge on any atom is 0.416 e. The van der Waals surface area contributed by atoms with Crippen LogP contribution in [0.25, 0.3) is 17.3 Å². The van der Waals surface area contributed by atoms with Gasteiger partial charge in [0, 0.05) is 23.9 Å². The molecule has 1 aromatic heterocycles. The average molecular weight is 549 g/mol. The van der Waals surface area contributed by atoms with Crippen molar-refractivity contribution in [3.63, 3.8) is 0 Å². The molecule has 0 fully saturated rings. The zero-order valence-corrected chi connectivity index (χ0v) is 21.9. The zero-order valence-electron chi connectivity index (χ0n) is 21.9. The van der Waals surface area contributed by atoms with Crippen LogP contribution < -0.4 is 4.74 Å². The monoisotopic (exact) mass is 548 g/mol. The summed E-state index contributed by atoms with van der Waals surface area (Å²) in [4.78, 5) is 29.1. The van der Waals surface area contributed by atoms with Gasteiger partial charge in [0.2, 0.25) is 5.78 Å². The Hall–Kier alpha value is -4.66. The third kappa shape index (κ3) is 6.85. The van der Waals surface area contributed by atoms with Gasteiger partial charge in [-0.3, -0.25) is 4.79 Å². The molecule has 4 aromatic rings. The fourth-order valence-corrected chi connectivity index (χ4v) is 3.87. The van der Waals surface area contributed by atoms with E-state index in [-0.39, 0.29) is 11.4 Å². The van der Waals surface area contributed by atoms with Crippen molar-refractivity contribution in [2.75, 3.05) is 0 Å². The molecule has 206 valence electrons. The predicted molar refractivity (Wildman–Crippen MR) is 145 cm³/mol. The first-order chi connectivity index (χ1) is 18.9. The highest BCUT2D eigenvalue weighted by atomic mass is 19.4. The van der Waals surface area contributed by atoms with E-state index < -0.39 is 29.1 Å². The van der Waals surface area contributed by atoms with Gasteiger partial charge < -0.3 is 14.4 Å². The number of alkyl halides is 3. The largest absolute Gasteiger partial charge is 0.478 e. The van der Waals surface area contributed by atoms with Crippen LogP contribution in [0.15, 0.2) is 91.1 Å². The molecule has 1 N–H and O–H groups in total. The number of halogens is 3. The van der Waals surface area contributed by atoms with E-state index in [1.54, 1.807) is 35.0 Å². The Kier molecular flexibility index (Phi) is 8.23. The van der Waals surface area contributed by atoms with Crippen molar-refractivity contribution in [2.45, 2.75) is 38.6 Å². The minimum absolute atomic E-state index is 0.114. The Morgan fingerprint density at radius 2 is 1.60 bits per heavy atom. The Morgan fingerprint density at radius 3 is 2.20 bits per heavy atom. The van der Waals surface area contributed by atoms with E-state index in [4.69, 9.17) is 4.74 Å². The van der Waals surface area contributed by atoms with Crippen LogP contribution in [0.3, 0.4) is 0 Å². The first-order valence-electron chi connectivity index (χ1n) is 12.5. The lowest BCUT2D eigenvalue weighted by atomic mass is 10.1. The van der Waals surface area contributed by atoms with Crippen molar-refractivity contribution >= 4 is 17.8 Å². The molecule has 0 aliphatic heterocycles. The number of aromatic nitrogens is 2. The number of ketones is 1. The van der Waals surface area contributed by atoms with Gasteiger partial charge in [-0.1, -0.05) is 66.7 Å². The predicted octanol–water partition coefficient (Wildman–Crippen LogP) is 7.15. The summed E-state index contributed by atoms with van der Waals surface area (Å²) < 4.78 is 46.1. The van der Waals surface area contributed by atoms with Gasteiger partial charge in [0.1, 0.15) is 5.75 Å². The summed E-state index contributed by atoms with van der Waals surface area (Å²) in [5, 5.41) is 9.21. The smallest absolute Gasteiger partial charge is 0.416 e.